The average Bonchev–Trinajstić information content (AvgIpc) is 2.19. The quantitative estimate of drug-likeness (QED) is 0.303. The lowest BCUT2D eigenvalue weighted by molar-refractivity contribution is -0.0665. The van der Waals surface area contributed by atoms with Crippen molar-refractivity contribution in [2.24, 2.45) is 11.1 Å². The Kier molecular flexibility index (Phi) is 6.36. The number of hydrogen-bond acceptors (Lipinski definition) is 6. The van der Waals surface area contributed by atoms with Crippen molar-refractivity contribution >= 4 is 11.4 Å². The fourth-order valence-corrected chi connectivity index (χ4v) is 1.43. The number of nitrogens with two attached hydrogens (primary N) is 1. The van der Waals surface area contributed by atoms with Gasteiger partial charge in [0.2, 0.25) is 0 Å². The van der Waals surface area contributed by atoms with Crippen LogP contribution in [0.1, 0.15) is 0 Å². The molecule has 0 saturated heterocycles. The van der Waals surface area contributed by atoms with Crippen LogP contribution in [0.4, 0.5) is 0 Å². The van der Waals surface area contributed by atoms with Crippen LogP contribution in [0.15, 0.2) is 0 Å². The highest BCUT2D eigenvalue weighted by atomic mass is 32.2. The predicted octanol–water partition coefficient (Wildman–Crippen LogP) is -2.57. The highest BCUT2D eigenvalue weighted by Crippen LogP contribution is 2.23. The third-order valence-corrected chi connectivity index (χ3v) is 2.44. The van der Waals surface area contributed by atoms with Crippen molar-refractivity contribution in [3.05, 3.63) is 0 Å². The minimum absolute atomic E-state index is 0.200. The molecular weight excluding hydrogens is 214 g/mol. The predicted molar refractivity (Wildman–Crippen MR) is 48.4 cm³/mol. The normalized spacial score (nSPS) is 16.6. The SMILES string of the molecule is NCC(OS(=O)O)C(CO)(CO)CO. The summed E-state index contributed by atoms with van der Waals surface area (Å²) >= 11 is -2.56. The zero-order chi connectivity index (χ0) is 11.2. The Balaban J connectivity index is 4.64. The number of aliphatic hydroxyl groups excluding tert-OH is 3. The molecule has 0 fully saturated rings. The first-order valence-electron chi connectivity index (χ1n) is 3.87. The molecule has 0 aliphatic heterocycles. The molecule has 0 aromatic heterocycles. The van der Waals surface area contributed by atoms with Crippen molar-refractivity contribution < 1.29 is 28.3 Å². The number of hydrogen-bond donors (Lipinski definition) is 5. The molecule has 14 heavy (non-hydrogen) atoms. The Hall–Kier alpha value is -0.0900. The van der Waals surface area contributed by atoms with Crippen molar-refractivity contribution in [1.29, 1.82) is 0 Å². The van der Waals surface area contributed by atoms with Crippen LogP contribution in [-0.4, -0.2) is 56.6 Å². The van der Waals surface area contributed by atoms with E-state index in [2.05, 4.69) is 4.18 Å². The Morgan fingerprint density at radius 1 is 1.29 bits per heavy atom. The largest absolute Gasteiger partial charge is 0.396 e. The van der Waals surface area contributed by atoms with Crippen LogP contribution in [0.2, 0.25) is 0 Å². The molecule has 0 rings (SSSR count). The van der Waals surface area contributed by atoms with Crippen LogP contribution in [-0.2, 0) is 15.5 Å². The first kappa shape index (κ1) is 13.9. The van der Waals surface area contributed by atoms with Crippen molar-refractivity contribution in [3.63, 3.8) is 0 Å². The van der Waals surface area contributed by atoms with E-state index in [1.165, 1.54) is 0 Å². The standard InChI is InChI=1S/C6H15NO6S/c7-1-5(13-14(11)12)6(2-8,3-9)4-10/h5,8-10H,1-4,7H2,(H,11,12). The Morgan fingerprint density at radius 3 is 1.93 bits per heavy atom. The summed E-state index contributed by atoms with van der Waals surface area (Å²) in [5.74, 6) is 0. The second kappa shape index (κ2) is 6.40. The van der Waals surface area contributed by atoms with E-state index < -0.39 is 42.7 Å². The van der Waals surface area contributed by atoms with E-state index in [-0.39, 0.29) is 6.54 Å². The van der Waals surface area contributed by atoms with Gasteiger partial charge in [0.1, 0.15) is 6.10 Å². The summed E-state index contributed by atoms with van der Waals surface area (Å²) in [4.78, 5) is 0. The highest BCUT2D eigenvalue weighted by molar-refractivity contribution is 7.74. The molecule has 0 aromatic carbocycles. The second-order valence-electron chi connectivity index (χ2n) is 2.87. The Labute approximate surface area is 84.0 Å². The van der Waals surface area contributed by atoms with Crippen LogP contribution >= 0.6 is 0 Å². The lowest BCUT2D eigenvalue weighted by Gasteiger charge is -2.33. The topological polar surface area (TPSA) is 133 Å². The minimum atomic E-state index is -2.56. The van der Waals surface area contributed by atoms with Crippen LogP contribution < -0.4 is 5.73 Å². The molecule has 0 bridgehead atoms. The molecule has 0 aromatic rings. The van der Waals surface area contributed by atoms with E-state index in [0.29, 0.717) is 0 Å². The molecule has 0 saturated carbocycles. The van der Waals surface area contributed by atoms with Gasteiger partial charge in [-0.15, -0.1) is 0 Å². The van der Waals surface area contributed by atoms with Gasteiger partial charge in [-0.25, -0.2) is 0 Å². The molecule has 0 amide bonds. The summed E-state index contributed by atoms with van der Waals surface area (Å²) < 4.78 is 23.3. The summed E-state index contributed by atoms with van der Waals surface area (Å²) in [6, 6.07) is 0. The van der Waals surface area contributed by atoms with Gasteiger partial charge in [0.05, 0.1) is 25.2 Å². The van der Waals surface area contributed by atoms with Gasteiger partial charge in [0.15, 0.2) is 0 Å². The zero-order valence-electron chi connectivity index (χ0n) is 7.50. The van der Waals surface area contributed by atoms with Gasteiger partial charge in [-0.1, -0.05) is 0 Å². The van der Waals surface area contributed by atoms with Crippen molar-refractivity contribution in [1.82, 2.24) is 0 Å². The average molecular weight is 229 g/mol. The third-order valence-electron chi connectivity index (χ3n) is 2.04. The van der Waals surface area contributed by atoms with Gasteiger partial charge < -0.3 is 21.1 Å². The van der Waals surface area contributed by atoms with E-state index in [0.717, 1.165) is 0 Å². The maximum Gasteiger partial charge on any atom is 0.302 e. The van der Waals surface area contributed by atoms with Gasteiger partial charge in [0, 0.05) is 6.54 Å². The zero-order valence-corrected chi connectivity index (χ0v) is 8.31. The Bertz CT molecular complexity index is 177. The molecule has 0 aliphatic rings. The maximum atomic E-state index is 10.4. The van der Waals surface area contributed by atoms with Gasteiger partial charge in [-0.05, 0) is 0 Å². The van der Waals surface area contributed by atoms with Crippen molar-refractivity contribution in [2.45, 2.75) is 6.10 Å². The molecule has 0 heterocycles. The molecule has 0 aliphatic carbocycles. The van der Waals surface area contributed by atoms with Crippen LogP contribution in [0.3, 0.4) is 0 Å². The molecule has 2 unspecified atom stereocenters. The van der Waals surface area contributed by atoms with Crippen molar-refractivity contribution in [2.75, 3.05) is 26.4 Å². The lowest BCUT2D eigenvalue weighted by Crippen LogP contribution is -2.50. The molecule has 0 radical (unpaired) electrons. The van der Waals surface area contributed by atoms with Gasteiger partial charge in [0.25, 0.3) is 0 Å². The monoisotopic (exact) mass is 229 g/mol. The lowest BCUT2D eigenvalue weighted by atomic mass is 9.84. The molecule has 2 atom stereocenters. The van der Waals surface area contributed by atoms with Crippen LogP contribution in [0, 0.1) is 5.41 Å². The smallest absolute Gasteiger partial charge is 0.302 e. The van der Waals surface area contributed by atoms with Gasteiger partial charge >= 0.3 is 11.4 Å². The molecule has 8 heteroatoms. The van der Waals surface area contributed by atoms with Crippen LogP contribution in [0.25, 0.3) is 0 Å². The minimum Gasteiger partial charge on any atom is -0.396 e. The van der Waals surface area contributed by atoms with Gasteiger partial charge in [-0.2, -0.15) is 4.21 Å². The molecule has 0 spiro atoms. The van der Waals surface area contributed by atoms with E-state index in [4.69, 9.17) is 25.6 Å². The fourth-order valence-electron chi connectivity index (χ4n) is 0.946. The summed E-state index contributed by atoms with van der Waals surface area (Å²) in [5.41, 5.74) is 3.82. The molecule has 86 valence electrons. The van der Waals surface area contributed by atoms with E-state index >= 15 is 0 Å². The molecular formula is C6H15NO6S. The second-order valence-corrected chi connectivity index (χ2v) is 3.50. The summed E-state index contributed by atoms with van der Waals surface area (Å²) in [6.45, 7) is -1.99. The first-order chi connectivity index (χ1) is 6.56. The van der Waals surface area contributed by atoms with Crippen molar-refractivity contribution in [3.8, 4) is 0 Å². The van der Waals surface area contributed by atoms with E-state index in [1.54, 1.807) is 0 Å². The fraction of sp³-hybridized carbons (Fsp3) is 1.00. The summed E-state index contributed by atoms with van der Waals surface area (Å²) in [6.07, 6.45) is -1.09. The third kappa shape index (κ3) is 3.24. The van der Waals surface area contributed by atoms with E-state index in [9.17, 15) is 4.21 Å². The molecule has 6 N–H and O–H groups in total. The van der Waals surface area contributed by atoms with Crippen LogP contribution in [0.5, 0.6) is 0 Å². The highest BCUT2D eigenvalue weighted by Gasteiger charge is 2.39. The number of aliphatic hydroxyl groups is 3. The Morgan fingerprint density at radius 2 is 1.71 bits per heavy atom. The summed E-state index contributed by atoms with van der Waals surface area (Å²) in [7, 11) is 0. The first-order valence-corrected chi connectivity index (χ1v) is 4.90. The summed E-state index contributed by atoms with van der Waals surface area (Å²) in [5, 5.41) is 26.9. The number of rotatable bonds is 7. The van der Waals surface area contributed by atoms with E-state index in [1.807, 2.05) is 0 Å². The maximum absolute atomic E-state index is 10.4. The molecule has 7 nitrogen and oxygen atoms in total. The van der Waals surface area contributed by atoms with Gasteiger partial charge in [-0.3, -0.25) is 8.74 Å².